The first-order chi connectivity index (χ1) is 9.30. The zero-order valence-electron chi connectivity index (χ0n) is 12.2. The van der Waals surface area contributed by atoms with Crippen LogP contribution in [-0.4, -0.2) is 29.1 Å². The average Bonchev–Trinajstić information content (AvgIpc) is 2.35. The van der Waals surface area contributed by atoms with Crippen LogP contribution in [-0.2, 0) is 13.0 Å². The highest BCUT2D eigenvalue weighted by atomic mass is 19.1. The van der Waals surface area contributed by atoms with Crippen molar-refractivity contribution in [2.24, 2.45) is 5.41 Å². The molecule has 0 saturated heterocycles. The van der Waals surface area contributed by atoms with Crippen molar-refractivity contribution in [1.29, 1.82) is 0 Å². The standard InChI is InChI=1S/C15H21FN2O2/c1-15(2,3)9-18-5-4-12-11(8-18)6-10(7-13(12)16)14(19)17-20/h6-7,20H,4-5,8-9H2,1-3H3,(H,17,19). The monoisotopic (exact) mass is 280 g/mol. The van der Waals surface area contributed by atoms with Crippen molar-refractivity contribution < 1.29 is 14.4 Å². The molecule has 20 heavy (non-hydrogen) atoms. The van der Waals surface area contributed by atoms with E-state index in [0.29, 0.717) is 18.5 Å². The number of hydroxylamine groups is 1. The lowest BCUT2D eigenvalue weighted by atomic mass is 9.92. The molecule has 2 rings (SSSR count). The second-order valence-corrected chi connectivity index (χ2v) is 6.56. The van der Waals surface area contributed by atoms with Gasteiger partial charge < -0.3 is 0 Å². The molecule has 0 fully saturated rings. The van der Waals surface area contributed by atoms with Gasteiger partial charge >= 0.3 is 0 Å². The average molecular weight is 280 g/mol. The van der Waals surface area contributed by atoms with Crippen LogP contribution in [0.1, 0.15) is 42.3 Å². The maximum atomic E-state index is 14.0. The first-order valence-corrected chi connectivity index (χ1v) is 6.78. The summed E-state index contributed by atoms with van der Waals surface area (Å²) in [5.41, 5.74) is 3.39. The Morgan fingerprint density at radius 3 is 2.75 bits per heavy atom. The van der Waals surface area contributed by atoms with Gasteiger partial charge in [-0.15, -0.1) is 0 Å². The highest BCUT2D eigenvalue weighted by Gasteiger charge is 2.24. The second-order valence-electron chi connectivity index (χ2n) is 6.56. The predicted molar refractivity (Wildman–Crippen MR) is 74.1 cm³/mol. The number of carbonyl (C=O) groups is 1. The van der Waals surface area contributed by atoms with Gasteiger partial charge in [-0.2, -0.15) is 0 Å². The van der Waals surface area contributed by atoms with Gasteiger partial charge in [0.2, 0.25) is 0 Å². The molecule has 110 valence electrons. The summed E-state index contributed by atoms with van der Waals surface area (Å²) in [6, 6.07) is 2.85. The highest BCUT2D eigenvalue weighted by molar-refractivity contribution is 5.93. The number of halogens is 1. The normalized spacial score (nSPS) is 15.8. The Labute approximate surface area is 118 Å². The Hall–Kier alpha value is -1.46. The Balaban J connectivity index is 2.26. The summed E-state index contributed by atoms with van der Waals surface area (Å²) >= 11 is 0. The molecule has 2 N–H and O–H groups in total. The molecule has 0 aromatic heterocycles. The largest absolute Gasteiger partial charge is 0.298 e. The lowest BCUT2D eigenvalue weighted by molar-refractivity contribution is 0.0705. The maximum Gasteiger partial charge on any atom is 0.274 e. The minimum absolute atomic E-state index is 0.154. The van der Waals surface area contributed by atoms with E-state index in [1.54, 1.807) is 11.5 Å². The fraction of sp³-hybridized carbons (Fsp3) is 0.533. The molecule has 0 aliphatic carbocycles. The van der Waals surface area contributed by atoms with Crippen molar-refractivity contribution >= 4 is 5.91 Å². The van der Waals surface area contributed by atoms with Crippen LogP contribution in [0, 0.1) is 11.2 Å². The maximum absolute atomic E-state index is 14.0. The van der Waals surface area contributed by atoms with Gasteiger partial charge in [0, 0.05) is 25.2 Å². The van der Waals surface area contributed by atoms with Gasteiger partial charge in [0.15, 0.2) is 0 Å². The van der Waals surface area contributed by atoms with E-state index >= 15 is 0 Å². The third kappa shape index (κ3) is 3.35. The Bertz CT molecular complexity index is 523. The number of rotatable bonds is 2. The molecule has 1 amide bonds. The van der Waals surface area contributed by atoms with Gasteiger partial charge in [0.05, 0.1) is 0 Å². The van der Waals surface area contributed by atoms with E-state index in [9.17, 15) is 9.18 Å². The second kappa shape index (κ2) is 5.50. The molecule has 0 radical (unpaired) electrons. The first-order valence-electron chi connectivity index (χ1n) is 6.78. The third-order valence-electron chi connectivity index (χ3n) is 3.42. The van der Waals surface area contributed by atoms with Crippen molar-refractivity contribution in [2.75, 3.05) is 13.1 Å². The van der Waals surface area contributed by atoms with Crippen LogP contribution in [0.15, 0.2) is 12.1 Å². The summed E-state index contributed by atoms with van der Waals surface area (Å²) in [6.07, 6.45) is 0.651. The molecule has 0 unspecified atom stereocenters. The van der Waals surface area contributed by atoms with E-state index in [0.717, 1.165) is 18.7 Å². The smallest absolute Gasteiger partial charge is 0.274 e. The van der Waals surface area contributed by atoms with Crippen molar-refractivity contribution in [3.8, 4) is 0 Å². The predicted octanol–water partition coefficient (Wildman–Crippen LogP) is 2.35. The Morgan fingerprint density at radius 1 is 1.45 bits per heavy atom. The SMILES string of the molecule is CC(C)(C)CN1CCc2c(F)cc(C(=O)NO)cc2C1. The summed E-state index contributed by atoms with van der Waals surface area (Å²) in [5.74, 6) is -1.05. The zero-order chi connectivity index (χ0) is 14.9. The lowest BCUT2D eigenvalue weighted by Gasteiger charge is -2.34. The van der Waals surface area contributed by atoms with Crippen LogP contribution in [0.25, 0.3) is 0 Å². The molecule has 5 heteroatoms. The fourth-order valence-electron chi connectivity index (χ4n) is 2.71. The van der Waals surface area contributed by atoms with Crippen molar-refractivity contribution in [1.82, 2.24) is 10.4 Å². The molecule has 4 nitrogen and oxygen atoms in total. The molecular weight excluding hydrogens is 259 g/mol. The fourth-order valence-corrected chi connectivity index (χ4v) is 2.71. The van der Waals surface area contributed by atoms with Gasteiger partial charge in [0.25, 0.3) is 5.91 Å². The van der Waals surface area contributed by atoms with Crippen LogP contribution < -0.4 is 5.48 Å². The highest BCUT2D eigenvalue weighted by Crippen LogP contribution is 2.26. The van der Waals surface area contributed by atoms with Crippen LogP contribution in [0.4, 0.5) is 4.39 Å². The minimum atomic E-state index is -0.681. The van der Waals surface area contributed by atoms with Crippen LogP contribution in [0.5, 0.6) is 0 Å². The molecule has 1 heterocycles. The van der Waals surface area contributed by atoms with Crippen LogP contribution >= 0.6 is 0 Å². The number of nitrogens with one attached hydrogen (secondary N) is 1. The molecule has 0 saturated carbocycles. The van der Waals surface area contributed by atoms with Crippen LogP contribution in [0.3, 0.4) is 0 Å². The molecule has 1 aromatic carbocycles. The quantitative estimate of drug-likeness (QED) is 0.646. The number of benzene rings is 1. The molecule has 1 aliphatic rings. The molecule has 1 aliphatic heterocycles. The number of fused-ring (bicyclic) bond motifs is 1. The molecule has 1 aromatic rings. The molecular formula is C15H21FN2O2. The number of amides is 1. The summed E-state index contributed by atoms with van der Waals surface area (Å²) in [6.45, 7) is 8.88. The van der Waals surface area contributed by atoms with Crippen molar-refractivity contribution in [3.63, 3.8) is 0 Å². The molecule has 0 bridgehead atoms. The van der Waals surface area contributed by atoms with Gasteiger partial charge in [-0.05, 0) is 35.1 Å². The number of nitrogens with zero attached hydrogens (tertiary/aromatic N) is 1. The van der Waals surface area contributed by atoms with E-state index in [-0.39, 0.29) is 16.8 Å². The van der Waals surface area contributed by atoms with E-state index < -0.39 is 5.91 Å². The van der Waals surface area contributed by atoms with E-state index in [1.807, 2.05) is 0 Å². The lowest BCUT2D eigenvalue weighted by Crippen LogP contribution is -2.37. The third-order valence-corrected chi connectivity index (χ3v) is 3.42. The Morgan fingerprint density at radius 2 is 2.15 bits per heavy atom. The van der Waals surface area contributed by atoms with Gasteiger partial charge in [0.1, 0.15) is 5.82 Å². The number of hydrogen-bond donors (Lipinski definition) is 2. The van der Waals surface area contributed by atoms with Crippen molar-refractivity contribution in [2.45, 2.75) is 33.7 Å². The minimum Gasteiger partial charge on any atom is -0.298 e. The molecule has 0 atom stereocenters. The topological polar surface area (TPSA) is 52.6 Å². The van der Waals surface area contributed by atoms with E-state index in [2.05, 4.69) is 25.7 Å². The van der Waals surface area contributed by atoms with Gasteiger partial charge in [-0.3, -0.25) is 14.9 Å². The van der Waals surface area contributed by atoms with E-state index in [4.69, 9.17) is 5.21 Å². The zero-order valence-corrected chi connectivity index (χ0v) is 12.2. The van der Waals surface area contributed by atoms with E-state index in [1.165, 1.54) is 6.07 Å². The van der Waals surface area contributed by atoms with Crippen molar-refractivity contribution in [3.05, 3.63) is 34.6 Å². The molecule has 0 spiro atoms. The summed E-state index contributed by atoms with van der Waals surface area (Å²) in [7, 11) is 0. The van der Waals surface area contributed by atoms with Gasteiger partial charge in [-0.1, -0.05) is 20.8 Å². The first kappa shape index (κ1) is 14.9. The summed E-state index contributed by atoms with van der Waals surface area (Å²) < 4.78 is 14.0. The number of carbonyl (C=O) groups excluding carboxylic acids is 1. The summed E-state index contributed by atoms with van der Waals surface area (Å²) in [4.78, 5) is 13.7. The Kier molecular flexibility index (Phi) is 4.11. The number of hydrogen-bond acceptors (Lipinski definition) is 3. The van der Waals surface area contributed by atoms with Gasteiger partial charge in [-0.25, -0.2) is 9.87 Å². The van der Waals surface area contributed by atoms with Crippen LogP contribution in [0.2, 0.25) is 0 Å². The summed E-state index contributed by atoms with van der Waals surface area (Å²) in [5, 5.41) is 8.66.